The van der Waals surface area contributed by atoms with Crippen LogP contribution in [0.3, 0.4) is 0 Å². The number of rotatable bonds is 8. The first-order chi connectivity index (χ1) is 18.1. The van der Waals surface area contributed by atoms with Crippen LogP contribution < -0.4 is 30.4 Å². The second-order valence-corrected chi connectivity index (χ2v) is 8.86. The molecule has 0 unspecified atom stereocenters. The van der Waals surface area contributed by atoms with Crippen LogP contribution in [0.2, 0.25) is 0 Å². The van der Waals surface area contributed by atoms with Gasteiger partial charge < -0.3 is 29.4 Å². The third kappa shape index (κ3) is 4.85. The van der Waals surface area contributed by atoms with Crippen LogP contribution in [0.1, 0.15) is 27.6 Å². The average Bonchev–Trinajstić information content (AvgIpc) is 3.44. The van der Waals surface area contributed by atoms with E-state index in [0.29, 0.717) is 22.9 Å². The number of anilines is 1. The monoisotopic (exact) mass is 525 g/mol. The number of hydrogen-bond donors (Lipinski definition) is 4. The number of fused-ring (bicyclic) bond motifs is 2. The van der Waals surface area contributed by atoms with E-state index in [-0.39, 0.29) is 11.1 Å². The van der Waals surface area contributed by atoms with Gasteiger partial charge in [-0.15, -0.1) is 0 Å². The Hall–Kier alpha value is -4.58. The Morgan fingerprint density at radius 1 is 0.895 bits per heavy atom. The zero-order chi connectivity index (χ0) is 27.6. The van der Waals surface area contributed by atoms with Crippen molar-refractivity contribution in [1.29, 1.82) is 0 Å². The van der Waals surface area contributed by atoms with Gasteiger partial charge in [-0.1, -0.05) is 12.2 Å². The fraction of sp³-hybridized carbons (Fsp3) is 0.308. The number of carboxylic acid groups (broad SMARTS) is 1. The van der Waals surface area contributed by atoms with Crippen molar-refractivity contribution in [2.75, 3.05) is 26.6 Å². The number of hydrazine groups is 1. The third-order valence-electron chi connectivity index (χ3n) is 6.54. The summed E-state index contributed by atoms with van der Waals surface area (Å²) >= 11 is 0. The van der Waals surface area contributed by atoms with Gasteiger partial charge in [-0.05, 0) is 43.3 Å². The fourth-order valence-electron chi connectivity index (χ4n) is 4.67. The van der Waals surface area contributed by atoms with Gasteiger partial charge >= 0.3 is 5.97 Å². The van der Waals surface area contributed by atoms with Crippen LogP contribution in [0.25, 0.3) is 0 Å². The van der Waals surface area contributed by atoms with Crippen LogP contribution in [-0.2, 0) is 14.3 Å². The fourth-order valence-corrected chi connectivity index (χ4v) is 4.67. The lowest BCUT2D eigenvalue weighted by Gasteiger charge is -2.27. The van der Waals surface area contributed by atoms with Crippen LogP contribution >= 0.6 is 0 Å². The van der Waals surface area contributed by atoms with Crippen molar-refractivity contribution in [3.05, 3.63) is 59.7 Å². The van der Waals surface area contributed by atoms with Gasteiger partial charge in [-0.2, -0.15) is 0 Å². The van der Waals surface area contributed by atoms with E-state index >= 15 is 0 Å². The van der Waals surface area contributed by atoms with E-state index in [1.165, 1.54) is 57.7 Å². The summed E-state index contributed by atoms with van der Waals surface area (Å²) < 4.78 is 21.5. The zero-order valence-corrected chi connectivity index (χ0v) is 21.1. The molecule has 2 aromatic rings. The van der Waals surface area contributed by atoms with Crippen LogP contribution in [-0.4, -0.2) is 61.8 Å². The van der Waals surface area contributed by atoms with Gasteiger partial charge in [0, 0.05) is 16.8 Å². The lowest BCUT2D eigenvalue weighted by atomic mass is 9.76. The van der Waals surface area contributed by atoms with E-state index in [9.17, 15) is 24.3 Å². The van der Waals surface area contributed by atoms with Crippen LogP contribution in [0, 0.1) is 11.8 Å². The first-order valence-electron chi connectivity index (χ1n) is 11.5. The number of carbonyl (C=O) groups excluding carboxylic acids is 3. The molecule has 12 heteroatoms. The Labute approximate surface area is 217 Å². The summed E-state index contributed by atoms with van der Waals surface area (Å²) in [5.41, 5.74) is 4.39. The molecule has 0 spiro atoms. The Morgan fingerprint density at radius 3 is 2.08 bits per heavy atom. The SMILES string of the molecule is COc1cc(C(=O)Nc2ccc(C(=O)NNC(=O)[C@@H]3[C@H](C(=O)O)[C@H]4C=C[C@@]3(C)O4)cc2)cc(OC)c1OC. The molecule has 2 bridgehead atoms. The predicted octanol–water partition coefficient (Wildman–Crippen LogP) is 1.77. The number of aliphatic carboxylic acids is 1. The molecule has 3 amide bonds. The van der Waals surface area contributed by atoms with Crippen LogP contribution in [0.4, 0.5) is 5.69 Å². The Bertz CT molecular complexity index is 1280. The van der Waals surface area contributed by atoms with Crippen molar-refractivity contribution in [3.8, 4) is 17.2 Å². The van der Waals surface area contributed by atoms with E-state index in [4.69, 9.17) is 18.9 Å². The smallest absolute Gasteiger partial charge is 0.310 e. The summed E-state index contributed by atoms with van der Waals surface area (Å²) in [6.45, 7) is 1.63. The van der Waals surface area contributed by atoms with E-state index < -0.39 is 47.2 Å². The summed E-state index contributed by atoms with van der Waals surface area (Å²) in [7, 11) is 4.34. The highest BCUT2D eigenvalue weighted by atomic mass is 16.5. The van der Waals surface area contributed by atoms with Crippen molar-refractivity contribution in [1.82, 2.24) is 10.9 Å². The standard InChI is InChI=1S/C26H27N3O9/c1-26-10-9-16(38-26)19(25(33)34)20(26)24(32)29-28-23(31)13-5-7-15(8-6-13)27-22(30)14-11-17(35-2)21(37-4)18(12-14)36-3/h5-12,16,19-20H,1-4H3,(H,27,30)(H,28,31)(H,29,32)(H,33,34)/t16-,19-,20+,26-/m1/s1. The van der Waals surface area contributed by atoms with Gasteiger partial charge in [-0.25, -0.2) is 0 Å². The lowest BCUT2D eigenvalue weighted by Crippen LogP contribution is -2.52. The van der Waals surface area contributed by atoms with Crippen molar-refractivity contribution in [3.63, 3.8) is 0 Å². The molecule has 4 rings (SSSR count). The number of nitrogens with one attached hydrogen (secondary N) is 3. The molecule has 4 N–H and O–H groups in total. The molecule has 2 aliphatic heterocycles. The van der Waals surface area contributed by atoms with Crippen molar-refractivity contribution < 1.29 is 43.2 Å². The number of carboxylic acids is 1. The summed E-state index contributed by atoms with van der Waals surface area (Å²) in [4.78, 5) is 49.8. The number of amides is 3. The van der Waals surface area contributed by atoms with Crippen molar-refractivity contribution in [2.24, 2.45) is 11.8 Å². The molecule has 2 heterocycles. The average molecular weight is 526 g/mol. The van der Waals surface area contributed by atoms with E-state index in [1.807, 2.05) is 0 Å². The number of ether oxygens (including phenoxy) is 4. The molecule has 1 fully saturated rings. The van der Waals surface area contributed by atoms with Crippen molar-refractivity contribution in [2.45, 2.75) is 18.6 Å². The molecule has 0 aliphatic carbocycles. The minimum atomic E-state index is -1.15. The van der Waals surface area contributed by atoms with Gasteiger partial charge in [0.2, 0.25) is 11.7 Å². The number of methoxy groups -OCH3 is 3. The highest BCUT2D eigenvalue weighted by Gasteiger charge is 2.59. The maximum absolute atomic E-state index is 12.8. The lowest BCUT2D eigenvalue weighted by molar-refractivity contribution is -0.147. The number of carbonyl (C=O) groups is 4. The minimum Gasteiger partial charge on any atom is -0.493 e. The maximum Gasteiger partial charge on any atom is 0.310 e. The third-order valence-corrected chi connectivity index (χ3v) is 6.54. The Balaban J connectivity index is 1.38. The highest BCUT2D eigenvalue weighted by Crippen LogP contribution is 2.47. The molecule has 2 aliphatic rings. The predicted molar refractivity (Wildman–Crippen MR) is 133 cm³/mol. The Kier molecular flexibility index (Phi) is 7.26. The molecular formula is C26H27N3O9. The molecule has 2 aromatic carbocycles. The zero-order valence-electron chi connectivity index (χ0n) is 21.1. The normalized spacial score (nSPS) is 22.9. The van der Waals surface area contributed by atoms with Gasteiger partial charge in [0.1, 0.15) is 5.92 Å². The summed E-state index contributed by atoms with van der Waals surface area (Å²) in [6, 6.07) is 8.96. The topological polar surface area (TPSA) is 162 Å². The van der Waals surface area contributed by atoms with Gasteiger partial charge in [0.15, 0.2) is 11.5 Å². The molecular weight excluding hydrogens is 498 g/mol. The van der Waals surface area contributed by atoms with E-state index in [0.717, 1.165) is 0 Å². The minimum absolute atomic E-state index is 0.196. The molecule has 1 saturated heterocycles. The molecule has 0 saturated carbocycles. The second kappa shape index (κ2) is 10.4. The summed E-state index contributed by atoms with van der Waals surface area (Å²) in [6.07, 6.45) is 2.59. The van der Waals surface area contributed by atoms with Crippen LogP contribution in [0.5, 0.6) is 17.2 Å². The maximum atomic E-state index is 12.8. The van der Waals surface area contributed by atoms with Gasteiger partial charge in [0.05, 0.1) is 39.0 Å². The van der Waals surface area contributed by atoms with Crippen LogP contribution in [0.15, 0.2) is 48.6 Å². The quantitative estimate of drug-likeness (QED) is 0.297. The second-order valence-electron chi connectivity index (χ2n) is 8.86. The molecule has 4 atom stereocenters. The molecule has 200 valence electrons. The van der Waals surface area contributed by atoms with E-state index in [2.05, 4.69) is 16.2 Å². The van der Waals surface area contributed by atoms with E-state index in [1.54, 1.807) is 19.1 Å². The largest absolute Gasteiger partial charge is 0.493 e. The van der Waals surface area contributed by atoms with Gasteiger partial charge in [0.25, 0.3) is 11.8 Å². The first kappa shape index (κ1) is 26.5. The number of benzene rings is 2. The molecule has 38 heavy (non-hydrogen) atoms. The highest BCUT2D eigenvalue weighted by molar-refractivity contribution is 6.05. The molecule has 12 nitrogen and oxygen atoms in total. The first-order valence-corrected chi connectivity index (χ1v) is 11.5. The Morgan fingerprint density at radius 2 is 1.53 bits per heavy atom. The molecule has 0 radical (unpaired) electrons. The number of hydrogen-bond acceptors (Lipinski definition) is 8. The van der Waals surface area contributed by atoms with Gasteiger partial charge in [-0.3, -0.25) is 30.0 Å². The molecule has 0 aromatic heterocycles. The van der Waals surface area contributed by atoms with Crippen molar-refractivity contribution >= 4 is 29.4 Å². The summed E-state index contributed by atoms with van der Waals surface area (Å²) in [5.74, 6) is -3.97. The summed E-state index contributed by atoms with van der Waals surface area (Å²) in [5, 5.41) is 12.3.